The number of aromatic hydroxyl groups is 1. The number of oxazole rings is 1. The number of anilines is 1. The Hall–Kier alpha value is -2.73. The van der Waals surface area contributed by atoms with E-state index in [-0.39, 0.29) is 5.76 Å². The van der Waals surface area contributed by atoms with E-state index < -0.39 is 0 Å². The fourth-order valence-electron chi connectivity index (χ4n) is 3.72. The molecule has 0 spiro atoms. The van der Waals surface area contributed by atoms with Crippen molar-refractivity contribution in [2.24, 2.45) is 0 Å². The summed E-state index contributed by atoms with van der Waals surface area (Å²) in [4.78, 5) is 16.8. The summed E-state index contributed by atoms with van der Waals surface area (Å²) in [7, 11) is 0. The molecule has 0 amide bonds. The van der Waals surface area contributed by atoms with Crippen molar-refractivity contribution in [1.29, 1.82) is 0 Å². The molecule has 27 heavy (non-hydrogen) atoms. The van der Waals surface area contributed by atoms with Crippen LogP contribution in [-0.2, 0) is 6.54 Å². The Morgan fingerprint density at radius 3 is 2.37 bits per heavy atom. The molecule has 0 radical (unpaired) electrons. The molecular weight excluding hydrogens is 342 g/mol. The average molecular weight is 367 g/mol. The quantitative estimate of drug-likeness (QED) is 0.679. The van der Waals surface area contributed by atoms with Gasteiger partial charge in [-0.25, -0.2) is 4.79 Å². The van der Waals surface area contributed by atoms with Crippen LogP contribution in [0.2, 0.25) is 0 Å². The fraction of sp³-hybridized carbons (Fsp3) is 0.381. The van der Waals surface area contributed by atoms with Gasteiger partial charge in [-0.2, -0.15) is 0 Å². The minimum atomic E-state index is -0.265. The van der Waals surface area contributed by atoms with E-state index in [0.29, 0.717) is 17.9 Å². The minimum absolute atomic E-state index is 0.265. The molecule has 2 aromatic carbocycles. The highest BCUT2D eigenvalue weighted by atomic mass is 16.4. The first-order valence-corrected chi connectivity index (χ1v) is 9.55. The first-order chi connectivity index (χ1) is 13.2. The van der Waals surface area contributed by atoms with Gasteiger partial charge in [0.2, 0.25) is 0 Å². The van der Waals surface area contributed by atoms with Crippen LogP contribution in [0, 0.1) is 0 Å². The first kappa shape index (κ1) is 17.7. The maximum Gasteiger partial charge on any atom is 0.419 e. The van der Waals surface area contributed by atoms with Crippen LogP contribution >= 0.6 is 0 Å². The molecule has 142 valence electrons. The number of nitrogens with zero attached hydrogens (tertiary/aromatic N) is 3. The topological polar surface area (TPSA) is 61.9 Å². The van der Waals surface area contributed by atoms with Crippen molar-refractivity contribution >= 4 is 16.8 Å². The van der Waals surface area contributed by atoms with E-state index in [2.05, 4.69) is 9.80 Å². The molecule has 0 unspecified atom stereocenters. The second kappa shape index (κ2) is 7.88. The molecule has 1 saturated heterocycles. The van der Waals surface area contributed by atoms with E-state index in [9.17, 15) is 9.90 Å². The highest BCUT2D eigenvalue weighted by Crippen LogP contribution is 2.20. The van der Waals surface area contributed by atoms with Gasteiger partial charge in [0, 0.05) is 38.4 Å². The van der Waals surface area contributed by atoms with Gasteiger partial charge < -0.3 is 14.4 Å². The number of piperazine rings is 1. The van der Waals surface area contributed by atoms with Crippen molar-refractivity contribution in [2.45, 2.75) is 19.4 Å². The van der Waals surface area contributed by atoms with Crippen molar-refractivity contribution < 1.29 is 9.52 Å². The van der Waals surface area contributed by atoms with Gasteiger partial charge >= 0.3 is 5.76 Å². The monoisotopic (exact) mass is 367 g/mol. The van der Waals surface area contributed by atoms with Crippen LogP contribution in [0.5, 0.6) is 5.75 Å². The second-order valence-electron chi connectivity index (χ2n) is 7.04. The molecule has 2 heterocycles. The Bertz CT molecular complexity index is 937. The van der Waals surface area contributed by atoms with Crippen molar-refractivity contribution in [1.82, 2.24) is 9.47 Å². The lowest BCUT2D eigenvalue weighted by atomic mass is 10.2. The average Bonchev–Trinajstić information content (AvgIpc) is 3.02. The van der Waals surface area contributed by atoms with E-state index in [4.69, 9.17) is 4.42 Å². The third kappa shape index (κ3) is 4.01. The third-order valence-electron chi connectivity index (χ3n) is 5.27. The van der Waals surface area contributed by atoms with Crippen LogP contribution in [0.25, 0.3) is 11.1 Å². The normalized spacial score (nSPS) is 15.5. The molecule has 1 N–H and O–H groups in total. The smallest absolute Gasteiger partial charge is 0.419 e. The minimum Gasteiger partial charge on any atom is -0.508 e. The number of phenolic OH excluding ortho intramolecular Hbond substituents is 1. The highest BCUT2D eigenvalue weighted by Gasteiger charge is 2.17. The lowest BCUT2D eigenvalue weighted by molar-refractivity contribution is 0.251. The zero-order valence-electron chi connectivity index (χ0n) is 15.4. The molecule has 1 aromatic heterocycles. The first-order valence-electron chi connectivity index (χ1n) is 9.55. The number of phenols is 1. The third-order valence-corrected chi connectivity index (χ3v) is 5.27. The molecule has 1 aliphatic heterocycles. The van der Waals surface area contributed by atoms with Crippen molar-refractivity contribution in [3.63, 3.8) is 0 Å². The molecule has 0 aliphatic carbocycles. The van der Waals surface area contributed by atoms with Crippen LogP contribution < -0.4 is 10.7 Å². The van der Waals surface area contributed by atoms with Crippen LogP contribution in [0.3, 0.4) is 0 Å². The summed E-state index contributed by atoms with van der Waals surface area (Å²) in [6, 6.07) is 15.0. The molecule has 3 aromatic rings. The molecule has 0 atom stereocenters. The Morgan fingerprint density at radius 1 is 0.889 bits per heavy atom. The highest BCUT2D eigenvalue weighted by molar-refractivity contribution is 5.72. The number of fused-ring (bicyclic) bond motifs is 1. The summed E-state index contributed by atoms with van der Waals surface area (Å²) >= 11 is 0. The maximum absolute atomic E-state index is 12.0. The SMILES string of the molecule is O=c1oc2ccccc2n1CCCCN1CCN(c2ccc(O)cc2)CC1. The van der Waals surface area contributed by atoms with Gasteiger partial charge in [-0.05, 0) is 55.8 Å². The number of unbranched alkanes of at least 4 members (excludes halogenated alkanes) is 1. The van der Waals surface area contributed by atoms with Gasteiger partial charge in [0.1, 0.15) is 5.75 Å². The Balaban J connectivity index is 1.23. The van der Waals surface area contributed by atoms with E-state index in [1.54, 1.807) is 16.7 Å². The zero-order valence-corrected chi connectivity index (χ0v) is 15.4. The summed E-state index contributed by atoms with van der Waals surface area (Å²) < 4.78 is 7.02. The largest absolute Gasteiger partial charge is 0.508 e. The number of hydrogen-bond acceptors (Lipinski definition) is 5. The van der Waals surface area contributed by atoms with Gasteiger partial charge in [-0.3, -0.25) is 9.47 Å². The second-order valence-corrected chi connectivity index (χ2v) is 7.04. The summed E-state index contributed by atoms with van der Waals surface area (Å²) in [5.41, 5.74) is 2.71. The number of benzene rings is 2. The number of hydrogen-bond donors (Lipinski definition) is 1. The van der Waals surface area contributed by atoms with Gasteiger partial charge in [-0.15, -0.1) is 0 Å². The standard InChI is InChI=1S/C21H25N3O3/c25-18-9-7-17(8-10-18)23-15-13-22(14-16-23)11-3-4-12-24-19-5-1-2-6-20(19)27-21(24)26/h1-2,5-10,25H,3-4,11-16H2. The molecule has 0 bridgehead atoms. The molecule has 0 saturated carbocycles. The van der Waals surface area contributed by atoms with Gasteiger partial charge in [0.25, 0.3) is 0 Å². The molecule has 6 nitrogen and oxygen atoms in total. The Labute approximate surface area is 158 Å². The number of aromatic nitrogens is 1. The molecule has 6 heteroatoms. The van der Waals surface area contributed by atoms with Crippen molar-refractivity contribution in [3.8, 4) is 5.75 Å². The van der Waals surface area contributed by atoms with Crippen LogP contribution in [0.1, 0.15) is 12.8 Å². The van der Waals surface area contributed by atoms with E-state index >= 15 is 0 Å². The summed E-state index contributed by atoms with van der Waals surface area (Å²) in [5, 5.41) is 9.41. The molecule has 1 aliphatic rings. The Kier molecular flexibility index (Phi) is 5.16. The molecule has 1 fully saturated rings. The summed E-state index contributed by atoms with van der Waals surface area (Å²) in [6.07, 6.45) is 2.02. The van der Waals surface area contributed by atoms with Crippen molar-refractivity contribution in [2.75, 3.05) is 37.6 Å². The summed E-state index contributed by atoms with van der Waals surface area (Å²) in [6.45, 7) is 5.81. The fourth-order valence-corrected chi connectivity index (χ4v) is 3.72. The predicted molar refractivity (Wildman–Crippen MR) is 106 cm³/mol. The lowest BCUT2D eigenvalue weighted by Gasteiger charge is -2.36. The van der Waals surface area contributed by atoms with E-state index in [1.807, 2.05) is 36.4 Å². The summed E-state index contributed by atoms with van der Waals surface area (Å²) in [5.74, 6) is 0.0422. The zero-order chi connectivity index (χ0) is 18.6. The predicted octanol–water partition coefficient (Wildman–Crippen LogP) is 2.90. The van der Waals surface area contributed by atoms with Crippen LogP contribution in [-0.4, -0.2) is 47.3 Å². The number of rotatable bonds is 6. The van der Waals surface area contributed by atoms with Gasteiger partial charge in [0.15, 0.2) is 5.58 Å². The number of aryl methyl sites for hydroxylation is 1. The van der Waals surface area contributed by atoms with Crippen molar-refractivity contribution in [3.05, 3.63) is 59.1 Å². The molecule has 4 rings (SSSR count). The maximum atomic E-state index is 12.0. The number of para-hydroxylation sites is 2. The Morgan fingerprint density at radius 2 is 1.59 bits per heavy atom. The van der Waals surface area contributed by atoms with E-state index in [0.717, 1.165) is 51.1 Å². The van der Waals surface area contributed by atoms with Gasteiger partial charge in [-0.1, -0.05) is 12.1 Å². The van der Waals surface area contributed by atoms with Crippen LogP contribution in [0.4, 0.5) is 5.69 Å². The van der Waals surface area contributed by atoms with Crippen LogP contribution in [0.15, 0.2) is 57.7 Å². The van der Waals surface area contributed by atoms with Gasteiger partial charge in [0.05, 0.1) is 5.52 Å². The lowest BCUT2D eigenvalue weighted by Crippen LogP contribution is -2.46. The molecular formula is C21H25N3O3. The van der Waals surface area contributed by atoms with E-state index in [1.165, 1.54) is 5.69 Å².